The Labute approximate surface area is 205 Å². The van der Waals surface area contributed by atoms with E-state index in [1.54, 1.807) is 24.3 Å². The average molecular weight is 475 g/mol. The molecule has 35 heavy (non-hydrogen) atoms. The second kappa shape index (κ2) is 11.1. The van der Waals surface area contributed by atoms with Crippen LogP contribution >= 0.6 is 0 Å². The predicted molar refractivity (Wildman–Crippen MR) is 134 cm³/mol. The Morgan fingerprint density at radius 3 is 2.46 bits per heavy atom. The van der Waals surface area contributed by atoms with E-state index in [1.807, 2.05) is 42.5 Å². The van der Waals surface area contributed by atoms with Crippen molar-refractivity contribution in [3.63, 3.8) is 0 Å². The number of rotatable bonds is 9. The highest BCUT2D eigenvalue weighted by molar-refractivity contribution is 6.25. The van der Waals surface area contributed by atoms with E-state index in [-0.39, 0.29) is 19.1 Å². The van der Waals surface area contributed by atoms with Crippen molar-refractivity contribution in [2.24, 2.45) is 5.92 Å². The fourth-order valence-corrected chi connectivity index (χ4v) is 4.06. The number of benzene rings is 2. The molecule has 7 nitrogen and oxygen atoms in total. The Kier molecular flexibility index (Phi) is 7.67. The molecule has 1 aliphatic rings. The lowest BCUT2D eigenvalue weighted by atomic mass is 9.99. The first-order chi connectivity index (χ1) is 17.0. The Bertz CT molecular complexity index is 1200. The highest BCUT2D eigenvalue weighted by atomic mass is 16.5. The average Bonchev–Trinajstić information content (AvgIpc) is 3.31. The van der Waals surface area contributed by atoms with E-state index in [0.29, 0.717) is 40.9 Å². The summed E-state index contributed by atoms with van der Waals surface area (Å²) in [6.45, 7) is 4.26. The van der Waals surface area contributed by atoms with Crippen LogP contribution in [0.3, 0.4) is 0 Å². The molecule has 7 heteroatoms. The molecule has 1 atom stereocenters. The molecule has 0 bridgehead atoms. The van der Waals surface area contributed by atoms with Crippen LogP contribution in [0.4, 0.5) is 0 Å². The van der Waals surface area contributed by atoms with E-state index >= 15 is 0 Å². The minimum atomic E-state index is -1.04. The molecule has 2 amide bonds. The van der Waals surface area contributed by atoms with Crippen LogP contribution < -0.4 is 10.1 Å². The number of carbonyl (C=O) groups is 2. The summed E-state index contributed by atoms with van der Waals surface area (Å²) in [6, 6.07) is 17.0. The molecule has 2 aromatic carbocycles. The first-order valence-electron chi connectivity index (χ1n) is 11.8. The van der Waals surface area contributed by atoms with Gasteiger partial charge in [-0.1, -0.05) is 50.2 Å². The van der Waals surface area contributed by atoms with Crippen molar-refractivity contribution in [3.05, 3.63) is 83.8 Å². The number of aliphatic hydroxyl groups excluding tert-OH is 1. The zero-order chi connectivity index (χ0) is 24.8. The van der Waals surface area contributed by atoms with E-state index in [2.05, 4.69) is 19.2 Å². The van der Waals surface area contributed by atoms with Crippen LogP contribution in [0, 0.1) is 5.92 Å². The number of ether oxygens (including phenoxy) is 1. The zero-order valence-electron chi connectivity index (χ0n) is 19.9. The highest BCUT2D eigenvalue weighted by Crippen LogP contribution is 2.39. The first kappa shape index (κ1) is 24.3. The number of para-hydroxylation sites is 2. The van der Waals surface area contributed by atoms with Crippen LogP contribution in [0.1, 0.15) is 43.2 Å². The molecule has 1 aliphatic heterocycles. The smallest absolute Gasteiger partial charge is 0.255 e. The molecule has 2 heterocycles. The Morgan fingerprint density at radius 2 is 1.74 bits per heavy atom. The van der Waals surface area contributed by atoms with Crippen LogP contribution in [-0.2, 0) is 9.59 Å². The topological polar surface area (TPSA) is 92.0 Å². The van der Waals surface area contributed by atoms with E-state index in [4.69, 9.17) is 9.15 Å². The molecule has 0 fully saturated rings. The van der Waals surface area contributed by atoms with Gasteiger partial charge in [0.15, 0.2) is 6.04 Å². The number of nitrogens with one attached hydrogen (secondary N) is 1. The molecule has 1 aromatic heterocycles. The summed E-state index contributed by atoms with van der Waals surface area (Å²) in [5.74, 6) is 1.14. The van der Waals surface area contributed by atoms with Crippen molar-refractivity contribution in [3.8, 4) is 11.5 Å². The molecule has 1 unspecified atom stereocenters. The van der Waals surface area contributed by atoms with Gasteiger partial charge in [-0.05, 0) is 42.7 Å². The van der Waals surface area contributed by atoms with E-state index in [0.717, 1.165) is 12.0 Å². The number of hydrogen-bond acceptors (Lipinski definition) is 5. The lowest BCUT2D eigenvalue weighted by Gasteiger charge is -2.30. The molecule has 3 aromatic rings. The number of fused-ring (bicyclic) bond motifs is 2. The van der Waals surface area contributed by atoms with Crippen LogP contribution in [0.5, 0.6) is 11.5 Å². The van der Waals surface area contributed by atoms with Crippen molar-refractivity contribution < 1.29 is 23.8 Å². The number of carbonyl (C=O) groups excluding carboxylic acids is 2. The molecule has 0 radical (unpaired) electrons. The lowest BCUT2D eigenvalue weighted by Crippen LogP contribution is -2.45. The lowest BCUT2D eigenvalue weighted by molar-refractivity contribution is -0.138. The molecular formula is C28H30N2O5. The van der Waals surface area contributed by atoms with Gasteiger partial charge in [0, 0.05) is 24.2 Å². The third-order valence-corrected chi connectivity index (χ3v) is 5.84. The van der Waals surface area contributed by atoms with Gasteiger partial charge in [-0.3, -0.25) is 9.59 Å². The fourth-order valence-electron chi connectivity index (χ4n) is 4.06. The summed E-state index contributed by atoms with van der Waals surface area (Å²) in [6.07, 6.45) is 4.04. The third-order valence-electron chi connectivity index (χ3n) is 5.84. The van der Waals surface area contributed by atoms with Crippen LogP contribution in [-0.4, -0.2) is 41.5 Å². The highest BCUT2D eigenvalue weighted by Gasteiger charge is 2.36. The second-order valence-corrected chi connectivity index (χ2v) is 8.81. The quantitative estimate of drug-likeness (QED) is 0.471. The van der Waals surface area contributed by atoms with Gasteiger partial charge >= 0.3 is 0 Å². The maximum Gasteiger partial charge on any atom is 0.255 e. The van der Waals surface area contributed by atoms with Gasteiger partial charge in [0.05, 0.1) is 18.4 Å². The molecular weight excluding hydrogens is 444 g/mol. The maximum absolute atomic E-state index is 14.1. The Balaban J connectivity index is 1.76. The monoisotopic (exact) mass is 474 g/mol. The fraction of sp³-hybridized carbons (Fsp3) is 0.286. The summed E-state index contributed by atoms with van der Waals surface area (Å²) in [7, 11) is 0. The maximum atomic E-state index is 14.1. The van der Waals surface area contributed by atoms with Gasteiger partial charge in [0.2, 0.25) is 0 Å². The van der Waals surface area contributed by atoms with Crippen molar-refractivity contribution in [1.29, 1.82) is 0 Å². The van der Waals surface area contributed by atoms with Gasteiger partial charge < -0.3 is 24.5 Å². The van der Waals surface area contributed by atoms with Gasteiger partial charge in [0.25, 0.3) is 11.8 Å². The standard InChI is InChI=1S/C28H30N2O5/c1-19(2)13-14-29-27(32)26(25-12-7-17-34-25)30(15-16-31)28(33)22-18-20-8-3-5-10-23(20)35-24-11-6-4-9-21(22)24/h3-12,17-19,26,31H,13-16H2,1-2H3,(H,29,32). The van der Waals surface area contributed by atoms with Gasteiger partial charge in [0.1, 0.15) is 17.3 Å². The number of amides is 2. The molecule has 0 saturated carbocycles. The van der Waals surface area contributed by atoms with Crippen LogP contribution in [0.15, 0.2) is 71.3 Å². The van der Waals surface area contributed by atoms with E-state index in [9.17, 15) is 14.7 Å². The molecule has 0 saturated heterocycles. The normalized spacial score (nSPS) is 13.1. The van der Waals surface area contributed by atoms with Gasteiger partial charge in [-0.2, -0.15) is 0 Å². The second-order valence-electron chi connectivity index (χ2n) is 8.81. The first-order valence-corrected chi connectivity index (χ1v) is 11.8. The summed E-state index contributed by atoms with van der Waals surface area (Å²) >= 11 is 0. The summed E-state index contributed by atoms with van der Waals surface area (Å²) in [5, 5.41) is 12.8. The minimum Gasteiger partial charge on any atom is -0.467 e. The summed E-state index contributed by atoms with van der Waals surface area (Å²) in [4.78, 5) is 28.8. The number of furan rings is 1. The predicted octanol–water partition coefficient (Wildman–Crippen LogP) is 4.65. The third kappa shape index (κ3) is 5.46. The molecule has 0 aliphatic carbocycles. The van der Waals surface area contributed by atoms with E-state index in [1.165, 1.54) is 11.2 Å². The van der Waals surface area contributed by atoms with E-state index < -0.39 is 11.9 Å². The molecule has 2 N–H and O–H groups in total. The molecule has 182 valence electrons. The number of nitrogens with zero attached hydrogens (tertiary/aromatic N) is 1. The van der Waals surface area contributed by atoms with Crippen molar-refractivity contribution in [2.75, 3.05) is 19.7 Å². The summed E-state index contributed by atoms with van der Waals surface area (Å²) < 4.78 is 11.7. The minimum absolute atomic E-state index is 0.0518. The SMILES string of the molecule is CC(C)CCNC(=O)C(c1ccco1)N(CCO)C(=O)C1=Cc2ccccc2Oc2ccccc21. The van der Waals surface area contributed by atoms with Crippen molar-refractivity contribution in [2.45, 2.75) is 26.3 Å². The summed E-state index contributed by atoms with van der Waals surface area (Å²) in [5.41, 5.74) is 1.72. The Hall–Kier alpha value is -3.84. The van der Waals surface area contributed by atoms with Crippen molar-refractivity contribution >= 4 is 23.5 Å². The Morgan fingerprint density at radius 1 is 1.00 bits per heavy atom. The van der Waals surface area contributed by atoms with Crippen molar-refractivity contribution in [1.82, 2.24) is 10.2 Å². The molecule has 4 rings (SSSR count). The van der Waals surface area contributed by atoms with Crippen LogP contribution in [0.25, 0.3) is 11.6 Å². The number of hydrogen-bond donors (Lipinski definition) is 2. The number of aliphatic hydroxyl groups is 1. The van der Waals surface area contributed by atoms with Gasteiger partial charge in [-0.15, -0.1) is 0 Å². The zero-order valence-corrected chi connectivity index (χ0v) is 19.9. The molecule has 0 spiro atoms. The largest absolute Gasteiger partial charge is 0.467 e. The van der Waals surface area contributed by atoms with Gasteiger partial charge in [-0.25, -0.2) is 0 Å². The van der Waals surface area contributed by atoms with Crippen LogP contribution in [0.2, 0.25) is 0 Å².